The van der Waals surface area contributed by atoms with E-state index in [1.54, 1.807) is 0 Å². The Morgan fingerprint density at radius 3 is 1.79 bits per heavy atom. The second-order valence-corrected chi connectivity index (χ2v) is 11.3. The summed E-state index contributed by atoms with van der Waals surface area (Å²) in [5.41, 5.74) is 17.0. The zero-order chi connectivity index (χ0) is 30.4. The summed E-state index contributed by atoms with van der Waals surface area (Å²) in [5, 5.41) is 10.1. The number of hydrogen-bond donors (Lipinski definition) is 6. The highest BCUT2D eigenvalue weighted by atomic mass is 35.5. The lowest BCUT2D eigenvalue weighted by atomic mass is 10.1. The number of allylic oxidation sites excluding steroid dienone is 2. The number of unbranched alkanes of at least 4 members (excludes halogenated alkanes) is 1. The van der Waals surface area contributed by atoms with E-state index < -0.39 is 20.2 Å². The van der Waals surface area contributed by atoms with Crippen LogP contribution in [0.5, 0.6) is 5.75 Å². The van der Waals surface area contributed by atoms with Crippen molar-refractivity contribution in [3.8, 4) is 5.75 Å². The van der Waals surface area contributed by atoms with Crippen LogP contribution in [-0.4, -0.2) is 31.0 Å². The lowest BCUT2D eigenvalue weighted by Crippen LogP contribution is -2.01. The van der Waals surface area contributed by atoms with E-state index >= 15 is 0 Å². The number of anilines is 3. The fourth-order valence-electron chi connectivity index (χ4n) is 2.79. The summed E-state index contributed by atoms with van der Waals surface area (Å²) in [4.78, 5) is -0.585. The van der Waals surface area contributed by atoms with Crippen LogP contribution in [0.2, 0.25) is 5.02 Å². The third-order valence-corrected chi connectivity index (χ3v) is 6.67. The van der Waals surface area contributed by atoms with E-state index in [0.29, 0.717) is 0 Å². The van der Waals surface area contributed by atoms with E-state index in [1.807, 2.05) is 0 Å². The number of hydrogen-bond acceptors (Lipinski definition) is 8. The van der Waals surface area contributed by atoms with Crippen LogP contribution >= 0.6 is 11.6 Å². The van der Waals surface area contributed by atoms with Crippen molar-refractivity contribution < 1.29 is 31.0 Å². The average molecular weight is 604 g/mol. The van der Waals surface area contributed by atoms with Crippen LogP contribution in [0.1, 0.15) is 53.4 Å². The van der Waals surface area contributed by atoms with Gasteiger partial charge in [0.05, 0.1) is 26.7 Å². The van der Waals surface area contributed by atoms with Crippen LogP contribution in [0, 0.1) is 0 Å². The predicted octanol–water partition coefficient (Wildman–Crippen LogP) is 6.29. The number of phenols is 1. The van der Waals surface area contributed by atoms with Crippen LogP contribution in [0.25, 0.3) is 10.8 Å². The first-order valence-electron chi connectivity index (χ1n) is 12.0. The Morgan fingerprint density at radius 1 is 0.795 bits per heavy atom. The van der Waals surface area contributed by atoms with Crippen molar-refractivity contribution >= 4 is 59.7 Å². The Labute approximate surface area is 236 Å². The van der Waals surface area contributed by atoms with Crippen molar-refractivity contribution in [2.75, 3.05) is 17.2 Å². The summed E-state index contributed by atoms with van der Waals surface area (Å²) >= 11 is 5.52. The van der Waals surface area contributed by atoms with Crippen molar-refractivity contribution in [1.29, 1.82) is 0 Å². The molecule has 0 amide bonds. The number of aromatic hydroxyl groups is 1. The number of rotatable bonds is 5. The van der Waals surface area contributed by atoms with Gasteiger partial charge in [-0.05, 0) is 49.2 Å². The average Bonchev–Trinajstić information content (AvgIpc) is 2.83. The zero-order valence-corrected chi connectivity index (χ0v) is 24.8. The maximum absolute atomic E-state index is 11.2. The maximum Gasteiger partial charge on any atom is 0.295 e. The number of nitrogen functional groups attached to an aromatic ring is 3. The Kier molecular flexibility index (Phi) is 15.5. The molecular formula is C26H38ClN3O7S2. The van der Waals surface area contributed by atoms with Gasteiger partial charge in [0.1, 0.15) is 10.6 Å². The second-order valence-electron chi connectivity index (χ2n) is 8.09. The summed E-state index contributed by atoms with van der Waals surface area (Å²) in [6, 6.07) is 8.75. The lowest BCUT2D eigenvalue weighted by Gasteiger charge is -2.09. The van der Waals surface area contributed by atoms with Crippen molar-refractivity contribution in [2.24, 2.45) is 0 Å². The molecule has 39 heavy (non-hydrogen) atoms. The molecule has 3 aromatic rings. The van der Waals surface area contributed by atoms with Crippen molar-refractivity contribution in [1.82, 2.24) is 0 Å². The first-order valence-corrected chi connectivity index (χ1v) is 15.3. The molecule has 0 saturated carbocycles. The van der Waals surface area contributed by atoms with Crippen LogP contribution in [0.15, 0.2) is 64.4 Å². The molecule has 9 N–H and O–H groups in total. The molecule has 0 radical (unpaired) electrons. The van der Waals surface area contributed by atoms with E-state index in [2.05, 4.69) is 39.8 Å². The largest absolute Gasteiger partial charge is 0.505 e. The van der Waals surface area contributed by atoms with Gasteiger partial charge in [-0.1, -0.05) is 70.4 Å². The minimum atomic E-state index is -4.38. The summed E-state index contributed by atoms with van der Waals surface area (Å²) in [5.74, 6) is -0.300. The normalized spacial score (nSPS) is 11.1. The van der Waals surface area contributed by atoms with Crippen LogP contribution in [0.4, 0.5) is 17.1 Å². The Morgan fingerprint density at radius 2 is 1.33 bits per heavy atom. The molecule has 0 aliphatic rings. The highest BCUT2D eigenvalue weighted by Gasteiger charge is 2.18. The molecule has 0 aliphatic carbocycles. The highest BCUT2D eigenvalue weighted by Crippen LogP contribution is 2.37. The van der Waals surface area contributed by atoms with Gasteiger partial charge in [0.15, 0.2) is 0 Å². The summed E-state index contributed by atoms with van der Waals surface area (Å²) < 4.78 is 61.1. The zero-order valence-electron chi connectivity index (χ0n) is 22.4. The molecule has 3 aromatic carbocycles. The van der Waals surface area contributed by atoms with Crippen molar-refractivity contribution in [2.45, 2.75) is 63.2 Å². The van der Waals surface area contributed by atoms with Gasteiger partial charge in [-0.3, -0.25) is 9.11 Å². The molecule has 13 heteroatoms. The smallest absolute Gasteiger partial charge is 0.295 e. The first kappa shape index (κ1) is 36.0. The minimum absolute atomic E-state index is 0.0803. The molecule has 0 saturated heterocycles. The Hall–Kier alpha value is -3.03. The van der Waals surface area contributed by atoms with Gasteiger partial charge in [-0.2, -0.15) is 16.8 Å². The molecule has 0 aromatic heterocycles. The van der Waals surface area contributed by atoms with E-state index in [0.717, 1.165) is 6.07 Å². The fourth-order valence-corrected chi connectivity index (χ4v) is 4.23. The first-order chi connectivity index (χ1) is 18.1. The lowest BCUT2D eigenvalue weighted by molar-refractivity contribution is 0.481. The Balaban J connectivity index is 0.000000572. The maximum atomic E-state index is 11.2. The van der Waals surface area contributed by atoms with E-state index in [1.165, 1.54) is 62.1 Å². The third kappa shape index (κ3) is 12.1. The van der Waals surface area contributed by atoms with Gasteiger partial charge in [0.2, 0.25) is 0 Å². The number of nitrogens with two attached hydrogens (primary N) is 3. The molecule has 0 fully saturated rings. The van der Waals surface area contributed by atoms with Crippen molar-refractivity contribution in [3.63, 3.8) is 0 Å². The van der Waals surface area contributed by atoms with Gasteiger partial charge in [-0.25, -0.2) is 0 Å². The second kappa shape index (κ2) is 16.8. The quantitative estimate of drug-likeness (QED) is 0.0830. The molecule has 10 nitrogen and oxygen atoms in total. The van der Waals surface area contributed by atoms with Crippen LogP contribution in [-0.2, 0) is 20.2 Å². The fraction of sp³-hybridized carbons (Fsp3) is 0.308. The standard InChI is InChI=1S/C10H10N2O4S.C7H14.C6H6ClNO3S.C3H8/c11-6-3-4-8(17(14,15)16)5-1-2-7(12)10(13)9(5)6;1-3-5-7-6-4-2;7-5-3-4(12(9,10)11)1-2-6(5)8;1-3-2/h1-4,13H,11-12H2,(H,14,15,16);5,7H,3-4,6H2,1-2H3;1-3H,8H2,(H,9,10,11);3H2,1-2H3/b;7-5-;;. The van der Waals surface area contributed by atoms with Gasteiger partial charge < -0.3 is 22.3 Å². The third-order valence-electron chi connectivity index (χ3n) is 4.58. The molecule has 0 heterocycles. The van der Waals surface area contributed by atoms with Gasteiger partial charge in [0, 0.05) is 11.1 Å². The summed E-state index contributed by atoms with van der Waals surface area (Å²) in [6.07, 6.45) is 9.40. The molecule has 0 aliphatic heterocycles. The number of phenolic OH excluding ortho intramolecular Hbond substituents is 1. The van der Waals surface area contributed by atoms with E-state index in [9.17, 15) is 21.9 Å². The summed E-state index contributed by atoms with van der Waals surface area (Å²) in [7, 11) is -8.57. The van der Waals surface area contributed by atoms with Crippen molar-refractivity contribution in [3.05, 3.63) is 59.6 Å². The van der Waals surface area contributed by atoms with Gasteiger partial charge in [-0.15, -0.1) is 0 Å². The summed E-state index contributed by atoms with van der Waals surface area (Å²) in [6.45, 7) is 8.60. The highest BCUT2D eigenvalue weighted by molar-refractivity contribution is 7.86. The topological polar surface area (TPSA) is 207 Å². The van der Waals surface area contributed by atoms with E-state index in [-0.39, 0.29) is 48.4 Å². The SMILES string of the molecule is CC/C=C\CCC.CCC.Nc1ccc(S(=O)(=O)O)cc1Cl.Nc1ccc2c(S(=O)(=O)O)ccc(N)c2c1O. The monoisotopic (exact) mass is 603 g/mol. The van der Waals surface area contributed by atoms with E-state index in [4.69, 9.17) is 37.9 Å². The number of benzene rings is 3. The Bertz CT molecular complexity index is 1460. The minimum Gasteiger partial charge on any atom is -0.505 e. The van der Waals surface area contributed by atoms with Crippen LogP contribution in [0.3, 0.4) is 0 Å². The van der Waals surface area contributed by atoms with Gasteiger partial charge in [0.25, 0.3) is 20.2 Å². The molecule has 218 valence electrons. The van der Waals surface area contributed by atoms with Gasteiger partial charge >= 0.3 is 0 Å². The molecular weight excluding hydrogens is 566 g/mol. The predicted molar refractivity (Wildman–Crippen MR) is 160 cm³/mol. The molecule has 0 unspecified atom stereocenters. The number of halogens is 1. The molecule has 0 atom stereocenters. The van der Waals surface area contributed by atoms with Crippen LogP contribution < -0.4 is 17.2 Å². The molecule has 0 spiro atoms. The number of fused-ring (bicyclic) bond motifs is 1. The molecule has 0 bridgehead atoms. The molecule has 3 rings (SSSR count).